The molecule has 0 aromatic heterocycles. The smallest absolute Gasteiger partial charge is 0.162 e. The minimum Gasteiger partial charge on any atom is -0.162 e. The van der Waals surface area contributed by atoms with Crippen LogP contribution in [0.4, 0.5) is 0 Å². The third kappa shape index (κ3) is 10.6. The van der Waals surface area contributed by atoms with Crippen molar-refractivity contribution in [1.29, 1.82) is 0 Å². The molecule has 0 aromatic carbocycles. The third-order valence-electron chi connectivity index (χ3n) is 3.31. The molecule has 2 saturated carbocycles. The summed E-state index contributed by atoms with van der Waals surface area (Å²) in [5.74, 6) is 2.92. The molecule has 0 spiro atoms. The molecule has 0 heterocycles. The number of rotatable bonds is 6. The van der Waals surface area contributed by atoms with Crippen molar-refractivity contribution in [2.24, 2.45) is 0 Å². The Labute approximate surface area is 153 Å². The van der Waals surface area contributed by atoms with Crippen LogP contribution in [-0.4, -0.2) is 23.0 Å². The van der Waals surface area contributed by atoms with E-state index in [4.69, 9.17) is 0 Å². The Kier molecular flexibility index (Phi) is 14.4. The van der Waals surface area contributed by atoms with Gasteiger partial charge >= 0.3 is 17.1 Å². The topological polar surface area (TPSA) is 0 Å². The molecule has 0 saturated heterocycles. The summed E-state index contributed by atoms with van der Waals surface area (Å²) in [5, 5.41) is 1.50. The number of hydrogen-bond acceptors (Lipinski definition) is 2. The van der Waals surface area contributed by atoms with Crippen LogP contribution in [0, 0.1) is 63.2 Å². The molecule has 0 aromatic rings. The second kappa shape index (κ2) is 13.6. The molecule has 3 heteroatoms. The standard InChI is InChI=1S/2C9H13S.Fe/c2*1-8(10-2)7-9-5-3-4-6-9;/h2*3-6,8H,7H2,1-2H3;/q;;+2/t2*8-;/m11./s1. The first kappa shape index (κ1) is 22.2. The predicted molar refractivity (Wildman–Crippen MR) is 96.1 cm³/mol. The van der Waals surface area contributed by atoms with Crippen molar-refractivity contribution in [2.45, 2.75) is 37.2 Å². The van der Waals surface area contributed by atoms with Crippen molar-refractivity contribution >= 4 is 23.5 Å². The van der Waals surface area contributed by atoms with Gasteiger partial charge in [-0.3, -0.25) is 0 Å². The molecule has 0 aliphatic heterocycles. The van der Waals surface area contributed by atoms with Gasteiger partial charge in [-0.1, -0.05) is 13.8 Å². The summed E-state index contributed by atoms with van der Waals surface area (Å²) in [6, 6.07) is 0. The normalized spacial score (nSPS) is 22.3. The first-order chi connectivity index (χ1) is 9.65. The molecule has 0 unspecified atom stereocenters. The van der Waals surface area contributed by atoms with Gasteiger partial charge in [-0.05, 0) is 88.6 Å². The Morgan fingerprint density at radius 1 is 0.714 bits per heavy atom. The molecule has 2 aliphatic carbocycles. The van der Waals surface area contributed by atoms with E-state index < -0.39 is 0 Å². The van der Waals surface area contributed by atoms with Gasteiger partial charge in [0.15, 0.2) is 0 Å². The van der Waals surface area contributed by atoms with Crippen LogP contribution < -0.4 is 0 Å². The Morgan fingerprint density at radius 3 is 1.24 bits per heavy atom. The average Bonchev–Trinajstić information content (AvgIpc) is 3.12. The summed E-state index contributed by atoms with van der Waals surface area (Å²) in [6.07, 6.45) is 23.9. The third-order valence-corrected chi connectivity index (χ3v) is 5.26. The van der Waals surface area contributed by atoms with Gasteiger partial charge < -0.3 is 0 Å². The van der Waals surface area contributed by atoms with Crippen LogP contribution in [0.5, 0.6) is 0 Å². The summed E-state index contributed by atoms with van der Waals surface area (Å²) < 4.78 is 0. The molecule has 2 aliphatic rings. The van der Waals surface area contributed by atoms with Crippen molar-refractivity contribution in [3.8, 4) is 0 Å². The van der Waals surface area contributed by atoms with Gasteiger partial charge in [0.05, 0.1) is 0 Å². The molecular weight excluding hydrogens is 336 g/mol. The average molecular weight is 362 g/mol. The van der Waals surface area contributed by atoms with E-state index in [1.54, 1.807) is 0 Å². The van der Waals surface area contributed by atoms with Crippen LogP contribution in [-0.2, 0) is 17.1 Å². The fourth-order valence-electron chi connectivity index (χ4n) is 1.93. The Bertz CT molecular complexity index is 199. The maximum atomic E-state index is 2.26. The van der Waals surface area contributed by atoms with Crippen LogP contribution in [0.15, 0.2) is 0 Å². The van der Waals surface area contributed by atoms with Crippen molar-refractivity contribution in [2.75, 3.05) is 12.5 Å². The molecule has 0 N–H and O–H groups in total. The van der Waals surface area contributed by atoms with Gasteiger partial charge in [0.2, 0.25) is 0 Å². The molecule has 2 rings (SSSR count). The van der Waals surface area contributed by atoms with Gasteiger partial charge in [0, 0.05) is 10.5 Å². The Balaban J connectivity index is 0.000000364. The molecule has 2 fully saturated rings. The molecule has 0 bridgehead atoms. The van der Waals surface area contributed by atoms with Crippen molar-refractivity contribution < 1.29 is 17.1 Å². The van der Waals surface area contributed by atoms with Crippen molar-refractivity contribution in [1.82, 2.24) is 0 Å². The van der Waals surface area contributed by atoms with E-state index in [9.17, 15) is 0 Å². The predicted octanol–water partition coefficient (Wildman–Crippen LogP) is 5.06. The van der Waals surface area contributed by atoms with Crippen molar-refractivity contribution in [3.63, 3.8) is 0 Å². The van der Waals surface area contributed by atoms with Crippen LogP contribution >= 0.6 is 23.5 Å². The quantitative estimate of drug-likeness (QED) is 0.606. The zero-order valence-corrected chi connectivity index (χ0v) is 16.1. The summed E-state index contributed by atoms with van der Waals surface area (Å²) in [6.45, 7) is 4.52. The van der Waals surface area contributed by atoms with E-state index in [1.165, 1.54) is 24.7 Å². The SMILES string of the molecule is CS[C@H](C)C[C]1[CH][CH][CH][CH]1.CS[C@H](C)C[C]1[CH][CH][CH][CH]1.[Fe+2]. The summed E-state index contributed by atoms with van der Waals surface area (Å²) in [5.41, 5.74) is 0. The summed E-state index contributed by atoms with van der Waals surface area (Å²) in [4.78, 5) is 0. The minimum atomic E-state index is 0. The maximum Gasteiger partial charge on any atom is 2.00 e. The number of hydrogen-bond donors (Lipinski definition) is 0. The van der Waals surface area contributed by atoms with Gasteiger partial charge in [-0.15, -0.1) is 0 Å². The van der Waals surface area contributed by atoms with Crippen molar-refractivity contribution in [3.05, 3.63) is 63.2 Å². The molecule has 0 amide bonds. The monoisotopic (exact) mass is 362 g/mol. The minimum absolute atomic E-state index is 0. The van der Waals surface area contributed by atoms with E-state index in [2.05, 4.69) is 77.7 Å². The second-order valence-electron chi connectivity index (χ2n) is 5.09. The summed E-state index contributed by atoms with van der Waals surface area (Å²) in [7, 11) is 0. The van der Waals surface area contributed by atoms with E-state index in [1.807, 2.05) is 23.5 Å². The molecule has 21 heavy (non-hydrogen) atoms. The zero-order valence-electron chi connectivity index (χ0n) is 13.4. The first-order valence-corrected chi connectivity index (χ1v) is 9.70. The van der Waals surface area contributed by atoms with Gasteiger partial charge in [-0.2, -0.15) is 23.5 Å². The number of thioether (sulfide) groups is 2. The van der Waals surface area contributed by atoms with Crippen LogP contribution in [0.1, 0.15) is 26.7 Å². The maximum absolute atomic E-state index is 2.26. The van der Waals surface area contributed by atoms with Gasteiger partial charge in [0.25, 0.3) is 0 Å². The molecule has 2 atom stereocenters. The van der Waals surface area contributed by atoms with Gasteiger partial charge in [0.1, 0.15) is 0 Å². The van der Waals surface area contributed by atoms with Gasteiger partial charge in [-0.25, -0.2) is 0 Å². The molecule has 116 valence electrons. The summed E-state index contributed by atoms with van der Waals surface area (Å²) >= 11 is 3.85. The molecule has 0 nitrogen and oxygen atoms in total. The molecule has 10 radical (unpaired) electrons. The Hall–Kier alpha value is 1.22. The van der Waals surface area contributed by atoms with E-state index in [0.717, 1.165) is 10.5 Å². The van der Waals surface area contributed by atoms with Crippen LogP contribution in [0.2, 0.25) is 0 Å². The second-order valence-corrected chi connectivity index (χ2v) is 7.64. The van der Waals surface area contributed by atoms with E-state index in [-0.39, 0.29) is 17.1 Å². The van der Waals surface area contributed by atoms with Crippen LogP contribution in [0.25, 0.3) is 0 Å². The fraction of sp³-hybridized carbons (Fsp3) is 0.444. The van der Waals surface area contributed by atoms with E-state index in [0.29, 0.717) is 0 Å². The Morgan fingerprint density at radius 2 is 1.00 bits per heavy atom. The van der Waals surface area contributed by atoms with Crippen LogP contribution in [0.3, 0.4) is 0 Å². The molecular formula is C18H26FeS2+2. The zero-order chi connectivity index (χ0) is 14.8. The largest absolute Gasteiger partial charge is 2.00 e. The van der Waals surface area contributed by atoms with E-state index >= 15 is 0 Å². The first-order valence-electron chi connectivity index (χ1n) is 7.12. The fourth-order valence-corrected chi connectivity index (χ4v) is 2.65.